The van der Waals surface area contributed by atoms with E-state index in [4.69, 9.17) is 5.73 Å². The molecule has 1 aliphatic rings. The maximum absolute atomic E-state index is 13.2. The lowest BCUT2D eigenvalue weighted by Crippen LogP contribution is -2.25. The molecule has 0 radical (unpaired) electrons. The Bertz CT molecular complexity index is 1460. The molecule has 8 nitrogen and oxygen atoms in total. The quantitative estimate of drug-likeness (QED) is 0.499. The van der Waals surface area contributed by atoms with Crippen LogP contribution in [-0.4, -0.2) is 29.0 Å². The minimum atomic E-state index is -3.63. The van der Waals surface area contributed by atoms with E-state index in [0.29, 0.717) is 27.7 Å². The van der Waals surface area contributed by atoms with Crippen molar-refractivity contribution >= 4 is 26.9 Å². The van der Waals surface area contributed by atoms with Crippen LogP contribution in [0, 0.1) is 0 Å². The summed E-state index contributed by atoms with van der Waals surface area (Å²) in [6, 6.07) is 15.7. The van der Waals surface area contributed by atoms with Crippen molar-refractivity contribution in [2.45, 2.75) is 23.8 Å². The minimum absolute atomic E-state index is 0.00214. The lowest BCUT2D eigenvalue weighted by molar-refractivity contribution is 0.580. The van der Waals surface area contributed by atoms with Gasteiger partial charge in [-0.25, -0.2) is 22.7 Å². The van der Waals surface area contributed by atoms with Gasteiger partial charge in [0.2, 0.25) is 16.0 Å². The van der Waals surface area contributed by atoms with Crippen molar-refractivity contribution in [3.63, 3.8) is 0 Å². The normalized spacial score (nSPS) is 14.1. The summed E-state index contributed by atoms with van der Waals surface area (Å²) in [5, 5.41) is 0.375. The van der Waals surface area contributed by atoms with Crippen molar-refractivity contribution in [3.05, 3.63) is 77.3 Å². The first-order valence-electron chi connectivity index (χ1n) is 9.78. The Morgan fingerprint density at radius 2 is 1.77 bits per heavy atom. The molecule has 2 aromatic carbocycles. The first-order chi connectivity index (χ1) is 14.9. The summed E-state index contributed by atoms with van der Waals surface area (Å²) in [7, 11) is -3.63. The summed E-state index contributed by atoms with van der Waals surface area (Å²) in [6.45, 7) is 0. The van der Waals surface area contributed by atoms with Gasteiger partial charge >= 0.3 is 0 Å². The zero-order valence-corrected chi connectivity index (χ0v) is 17.2. The molecule has 1 aliphatic carbocycles. The van der Waals surface area contributed by atoms with Gasteiger partial charge in [-0.3, -0.25) is 9.78 Å². The van der Waals surface area contributed by atoms with E-state index in [1.165, 1.54) is 10.8 Å². The number of nitrogens with two attached hydrogens (primary N) is 1. The van der Waals surface area contributed by atoms with Crippen LogP contribution in [0.15, 0.2) is 76.7 Å². The molecular weight excluding hydrogens is 414 g/mol. The monoisotopic (exact) mass is 433 g/mol. The molecule has 1 fully saturated rings. The Balaban J connectivity index is 1.62. The Hall–Kier alpha value is -3.56. The van der Waals surface area contributed by atoms with E-state index < -0.39 is 10.0 Å². The summed E-state index contributed by atoms with van der Waals surface area (Å²) in [6.07, 6.45) is 4.58. The summed E-state index contributed by atoms with van der Waals surface area (Å²) >= 11 is 0. The van der Waals surface area contributed by atoms with Crippen LogP contribution in [0.2, 0.25) is 0 Å². The van der Waals surface area contributed by atoms with E-state index in [1.54, 1.807) is 42.6 Å². The molecule has 0 aliphatic heterocycles. The van der Waals surface area contributed by atoms with E-state index in [2.05, 4.69) is 14.7 Å². The van der Waals surface area contributed by atoms with Crippen LogP contribution in [0.1, 0.15) is 12.8 Å². The molecule has 2 aromatic heterocycles. The van der Waals surface area contributed by atoms with Gasteiger partial charge in [-0.05, 0) is 48.7 Å². The second-order valence-electron chi connectivity index (χ2n) is 7.48. The number of para-hydroxylation sites is 1. The topological polar surface area (TPSA) is 120 Å². The molecule has 2 heterocycles. The Labute approximate surface area is 178 Å². The van der Waals surface area contributed by atoms with Gasteiger partial charge in [0.25, 0.3) is 5.56 Å². The maximum Gasteiger partial charge on any atom is 0.267 e. The summed E-state index contributed by atoms with van der Waals surface area (Å²) < 4.78 is 29.1. The number of fused-ring (bicyclic) bond motifs is 1. The van der Waals surface area contributed by atoms with Crippen LogP contribution in [-0.2, 0) is 10.0 Å². The summed E-state index contributed by atoms with van der Waals surface area (Å²) in [4.78, 5) is 21.8. The van der Waals surface area contributed by atoms with Crippen LogP contribution >= 0.6 is 0 Å². The standard InChI is InChI=1S/C22H19N5O3S/c23-22-25-20-9-6-14(11-19(20)21(28)27(22)17-4-2-1-3-5-17)15-10-18(13-24-12-15)31(29,30)26-16-7-8-16/h1-6,9-13,16,26H,7-8H2,(H2,23,25). The van der Waals surface area contributed by atoms with Crippen LogP contribution < -0.4 is 16.0 Å². The molecule has 9 heteroatoms. The Morgan fingerprint density at radius 1 is 1.00 bits per heavy atom. The van der Waals surface area contributed by atoms with Crippen molar-refractivity contribution in [3.8, 4) is 16.8 Å². The summed E-state index contributed by atoms with van der Waals surface area (Å²) in [5.41, 5.74) is 8.07. The number of anilines is 1. The van der Waals surface area contributed by atoms with E-state index in [1.807, 2.05) is 18.2 Å². The molecule has 4 aromatic rings. The average Bonchev–Trinajstić information content (AvgIpc) is 3.58. The van der Waals surface area contributed by atoms with E-state index in [9.17, 15) is 13.2 Å². The van der Waals surface area contributed by atoms with Crippen molar-refractivity contribution < 1.29 is 8.42 Å². The van der Waals surface area contributed by atoms with Gasteiger partial charge < -0.3 is 5.73 Å². The fourth-order valence-electron chi connectivity index (χ4n) is 3.42. The number of hydrogen-bond acceptors (Lipinski definition) is 6. The predicted molar refractivity (Wildman–Crippen MR) is 118 cm³/mol. The highest BCUT2D eigenvalue weighted by molar-refractivity contribution is 7.89. The van der Waals surface area contributed by atoms with Crippen molar-refractivity contribution in [1.82, 2.24) is 19.3 Å². The largest absolute Gasteiger partial charge is 0.369 e. The third-order valence-corrected chi connectivity index (χ3v) is 6.65. The molecular formula is C22H19N5O3S. The molecule has 0 atom stereocenters. The van der Waals surface area contributed by atoms with Crippen LogP contribution in [0.5, 0.6) is 0 Å². The number of hydrogen-bond donors (Lipinski definition) is 2. The lowest BCUT2D eigenvalue weighted by atomic mass is 10.1. The van der Waals surface area contributed by atoms with Gasteiger partial charge in [-0.2, -0.15) is 0 Å². The first-order valence-corrected chi connectivity index (χ1v) is 11.3. The van der Waals surface area contributed by atoms with Crippen molar-refractivity contribution in [2.75, 3.05) is 5.73 Å². The zero-order chi connectivity index (χ0) is 21.6. The van der Waals surface area contributed by atoms with Crippen molar-refractivity contribution in [1.29, 1.82) is 0 Å². The number of rotatable bonds is 5. The highest BCUT2D eigenvalue weighted by Crippen LogP contribution is 2.26. The highest BCUT2D eigenvalue weighted by atomic mass is 32.2. The third-order valence-electron chi connectivity index (χ3n) is 5.16. The fraction of sp³-hybridized carbons (Fsp3) is 0.136. The summed E-state index contributed by atoms with van der Waals surface area (Å²) in [5.74, 6) is 0.0948. The third kappa shape index (κ3) is 3.69. The molecule has 0 amide bonds. The zero-order valence-electron chi connectivity index (χ0n) is 16.4. The SMILES string of the molecule is Nc1nc2ccc(-c3cncc(S(=O)(=O)NC4CC4)c3)cc2c(=O)n1-c1ccccc1. The van der Waals surface area contributed by atoms with Gasteiger partial charge in [0.15, 0.2) is 0 Å². The first kappa shape index (κ1) is 19.4. The molecule has 0 spiro atoms. The molecule has 156 valence electrons. The molecule has 1 saturated carbocycles. The molecule has 5 rings (SSSR count). The average molecular weight is 433 g/mol. The van der Waals surface area contributed by atoms with E-state index >= 15 is 0 Å². The van der Waals surface area contributed by atoms with Gasteiger partial charge in [0, 0.05) is 24.0 Å². The molecule has 31 heavy (non-hydrogen) atoms. The van der Waals surface area contributed by atoms with E-state index in [-0.39, 0.29) is 22.4 Å². The number of pyridine rings is 1. The van der Waals surface area contributed by atoms with Crippen LogP contribution in [0.25, 0.3) is 27.7 Å². The van der Waals surface area contributed by atoms with Gasteiger partial charge in [-0.15, -0.1) is 0 Å². The maximum atomic E-state index is 13.2. The number of benzene rings is 2. The van der Waals surface area contributed by atoms with Gasteiger partial charge in [0.05, 0.1) is 16.6 Å². The number of nitrogens with zero attached hydrogens (tertiary/aromatic N) is 3. The van der Waals surface area contributed by atoms with Crippen LogP contribution in [0.4, 0.5) is 5.95 Å². The van der Waals surface area contributed by atoms with Crippen molar-refractivity contribution in [2.24, 2.45) is 0 Å². The molecule has 0 unspecified atom stereocenters. The molecule has 3 N–H and O–H groups in total. The van der Waals surface area contributed by atoms with Crippen LogP contribution in [0.3, 0.4) is 0 Å². The second-order valence-corrected chi connectivity index (χ2v) is 9.20. The molecule has 0 bridgehead atoms. The van der Waals surface area contributed by atoms with E-state index in [0.717, 1.165) is 12.8 Å². The van der Waals surface area contributed by atoms with Gasteiger partial charge in [0.1, 0.15) is 4.90 Å². The fourth-order valence-corrected chi connectivity index (χ4v) is 4.71. The lowest BCUT2D eigenvalue weighted by Gasteiger charge is -2.11. The minimum Gasteiger partial charge on any atom is -0.369 e. The number of nitrogen functional groups attached to an aromatic ring is 1. The van der Waals surface area contributed by atoms with Gasteiger partial charge in [-0.1, -0.05) is 24.3 Å². The molecule has 0 saturated heterocycles. The smallest absolute Gasteiger partial charge is 0.267 e. The Morgan fingerprint density at radius 3 is 2.52 bits per heavy atom. The number of nitrogens with one attached hydrogen (secondary N) is 1. The number of aromatic nitrogens is 3. The second kappa shape index (κ2) is 7.29. The number of sulfonamides is 1. The highest BCUT2D eigenvalue weighted by Gasteiger charge is 2.28. The Kier molecular flexibility index (Phi) is 4.57. The predicted octanol–water partition coefficient (Wildman–Crippen LogP) is 2.47.